The summed E-state index contributed by atoms with van der Waals surface area (Å²) < 4.78 is 5.47. The third-order valence-corrected chi connectivity index (χ3v) is 6.42. The van der Waals surface area contributed by atoms with E-state index in [0.717, 1.165) is 18.4 Å². The zero-order valence-electron chi connectivity index (χ0n) is 19.1. The third kappa shape index (κ3) is 4.55. The number of hydrogen-bond donors (Lipinski definition) is 1. The summed E-state index contributed by atoms with van der Waals surface area (Å²) in [5, 5.41) is 7.19. The number of benzene rings is 1. The molecule has 1 N–H and O–H groups in total. The lowest BCUT2D eigenvalue weighted by molar-refractivity contribution is -0.0169. The van der Waals surface area contributed by atoms with E-state index in [1.165, 1.54) is 5.56 Å². The first-order valence-electron chi connectivity index (χ1n) is 10.4. The number of carbonyl (C=O) groups excluding carboxylic acids is 1. The molecule has 5 heteroatoms. The lowest BCUT2D eigenvalue weighted by atomic mass is 9.77. The molecular formula is C24H35N3O2. The van der Waals surface area contributed by atoms with Gasteiger partial charge in [-0.1, -0.05) is 50.2 Å². The van der Waals surface area contributed by atoms with Gasteiger partial charge in [0.05, 0.1) is 0 Å². The minimum atomic E-state index is -0.174. The molecule has 1 amide bonds. The molecule has 1 aliphatic heterocycles. The smallest absolute Gasteiger partial charge is 0.273 e. The first-order chi connectivity index (χ1) is 13.3. The van der Waals surface area contributed by atoms with Gasteiger partial charge in [-0.3, -0.25) is 9.69 Å². The van der Waals surface area contributed by atoms with Gasteiger partial charge in [-0.05, 0) is 58.6 Å². The summed E-state index contributed by atoms with van der Waals surface area (Å²) in [6, 6.07) is 10.1. The van der Waals surface area contributed by atoms with Gasteiger partial charge in [0.15, 0.2) is 11.5 Å². The van der Waals surface area contributed by atoms with Gasteiger partial charge in [0, 0.05) is 28.7 Å². The second-order valence-corrected chi connectivity index (χ2v) is 10.7. The summed E-state index contributed by atoms with van der Waals surface area (Å²) in [7, 11) is 2.16. The molecule has 1 aromatic heterocycles. The van der Waals surface area contributed by atoms with Crippen LogP contribution < -0.4 is 5.32 Å². The van der Waals surface area contributed by atoms with Crippen LogP contribution in [0.2, 0.25) is 0 Å². The van der Waals surface area contributed by atoms with Crippen molar-refractivity contribution in [3.05, 3.63) is 41.6 Å². The Hall–Kier alpha value is -2.14. The van der Waals surface area contributed by atoms with Crippen LogP contribution in [0.1, 0.15) is 77.4 Å². The van der Waals surface area contributed by atoms with Gasteiger partial charge in [-0.2, -0.15) is 0 Å². The predicted octanol–water partition coefficient (Wildman–Crippen LogP) is 5.02. The summed E-state index contributed by atoms with van der Waals surface area (Å²) in [6.07, 6.45) is 1.80. The quantitative estimate of drug-likeness (QED) is 0.790. The maximum atomic E-state index is 12.8. The van der Waals surface area contributed by atoms with E-state index in [1.807, 2.05) is 12.1 Å². The Balaban J connectivity index is 1.71. The number of hydrogen-bond acceptors (Lipinski definition) is 4. The molecule has 0 bridgehead atoms. The van der Waals surface area contributed by atoms with E-state index in [4.69, 9.17) is 4.52 Å². The van der Waals surface area contributed by atoms with Gasteiger partial charge in [-0.15, -0.1) is 0 Å². The zero-order valence-corrected chi connectivity index (χ0v) is 19.1. The van der Waals surface area contributed by atoms with Gasteiger partial charge in [-0.25, -0.2) is 0 Å². The van der Waals surface area contributed by atoms with E-state index in [1.54, 1.807) is 6.07 Å². The van der Waals surface area contributed by atoms with Crippen molar-refractivity contribution in [2.75, 3.05) is 7.05 Å². The minimum Gasteiger partial charge on any atom is -0.355 e. The summed E-state index contributed by atoms with van der Waals surface area (Å²) >= 11 is 0. The zero-order chi connectivity index (χ0) is 21.6. The topological polar surface area (TPSA) is 58.4 Å². The molecule has 2 aromatic rings. The molecule has 0 atom stereocenters. The van der Waals surface area contributed by atoms with Crippen molar-refractivity contribution in [3.63, 3.8) is 0 Å². The molecule has 29 heavy (non-hydrogen) atoms. The number of aromatic nitrogens is 1. The number of piperidine rings is 1. The summed E-state index contributed by atoms with van der Waals surface area (Å²) in [5.41, 5.74) is 2.64. The standard InChI is InChI=1S/C24H35N3O2/c1-22(2,3)17-11-9-16(10-12-17)20-13-19(26-29-20)21(28)25-18-14-23(4,5)27(8)24(6,7)15-18/h9-13,18H,14-15H2,1-8H3,(H,25,28). The van der Waals surface area contributed by atoms with Gasteiger partial charge in [0.2, 0.25) is 0 Å². The Morgan fingerprint density at radius 3 is 2.17 bits per heavy atom. The van der Waals surface area contributed by atoms with E-state index >= 15 is 0 Å². The fourth-order valence-corrected chi connectivity index (χ4v) is 4.39. The molecule has 5 nitrogen and oxygen atoms in total. The highest BCUT2D eigenvalue weighted by molar-refractivity contribution is 5.93. The lowest BCUT2D eigenvalue weighted by Gasteiger charge is -2.53. The molecule has 158 valence electrons. The Morgan fingerprint density at radius 1 is 1.10 bits per heavy atom. The Kier molecular flexibility index (Phi) is 5.41. The SMILES string of the molecule is CN1C(C)(C)CC(NC(=O)c2cc(-c3ccc(C(C)(C)C)cc3)on2)CC1(C)C. The number of likely N-dealkylation sites (tertiary alicyclic amines) is 1. The molecule has 0 saturated carbocycles. The van der Waals surface area contributed by atoms with Gasteiger partial charge in [0.1, 0.15) is 0 Å². The van der Waals surface area contributed by atoms with E-state index in [2.05, 4.69) is 83.0 Å². The van der Waals surface area contributed by atoms with Crippen molar-refractivity contribution < 1.29 is 9.32 Å². The fraction of sp³-hybridized carbons (Fsp3) is 0.583. The van der Waals surface area contributed by atoms with Gasteiger partial charge >= 0.3 is 0 Å². The normalized spacial score (nSPS) is 19.9. The van der Waals surface area contributed by atoms with Gasteiger partial charge in [0.25, 0.3) is 5.91 Å². The summed E-state index contributed by atoms with van der Waals surface area (Å²) in [6.45, 7) is 15.5. The molecule has 1 saturated heterocycles. The van der Waals surface area contributed by atoms with Crippen LogP contribution in [-0.4, -0.2) is 40.1 Å². The van der Waals surface area contributed by atoms with Crippen LogP contribution in [0.15, 0.2) is 34.9 Å². The first-order valence-corrected chi connectivity index (χ1v) is 10.4. The summed E-state index contributed by atoms with van der Waals surface area (Å²) in [5.74, 6) is 0.437. The average molecular weight is 398 g/mol. The van der Waals surface area contributed by atoms with E-state index in [-0.39, 0.29) is 28.4 Å². The van der Waals surface area contributed by atoms with Crippen LogP contribution in [0.3, 0.4) is 0 Å². The lowest BCUT2D eigenvalue weighted by Crippen LogP contribution is -2.62. The molecule has 0 radical (unpaired) electrons. The Labute approximate surface area is 174 Å². The first kappa shape index (κ1) is 21.6. The van der Waals surface area contributed by atoms with Crippen molar-refractivity contribution in [2.45, 2.75) is 83.8 Å². The number of nitrogens with zero attached hydrogens (tertiary/aromatic N) is 2. The van der Waals surface area contributed by atoms with Crippen LogP contribution in [-0.2, 0) is 5.41 Å². The van der Waals surface area contributed by atoms with Crippen LogP contribution >= 0.6 is 0 Å². The van der Waals surface area contributed by atoms with Crippen LogP contribution in [0.4, 0.5) is 0 Å². The average Bonchev–Trinajstić information content (AvgIpc) is 3.09. The number of carbonyl (C=O) groups is 1. The van der Waals surface area contributed by atoms with Crippen LogP contribution in [0, 0.1) is 0 Å². The number of rotatable bonds is 3. The molecule has 0 aliphatic carbocycles. The molecule has 3 rings (SSSR count). The van der Waals surface area contributed by atoms with Gasteiger partial charge < -0.3 is 9.84 Å². The number of nitrogens with one attached hydrogen (secondary N) is 1. The second-order valence-electron chi connectivity index (χ2n) is 10.7. The molecule has 1 aliphatic rings. The molecule has 0 spiro atoms. The van der Waals surface area contributed by atoms with Crippen molar-refractivity contribution >= 4 is 5.91 Å². The Bertz CT molecular complexity index is 854. The fourth-order valence-electron chi connectivity index (χ4n) is 4.39. The number of amides is 1. The highest BCUT2D eigenvalue weighted by Crippen LogP contribution is 2.37. The highest BCUT2D eigenvalue weighted by atomic mass is 16.5. The van der Waals surface area contributed by atoms with Crippen molar-refractivity contribution in [3.8, 4) is 11.3 Å². The van der Waals surface area contributed by atoms with E-state index in [0.29, 0.717) is 11.5 Å². The second kappa shape index (κ2) is 7.28. The van der Waals surface area contributed by atoms with E-state index in [9.17, 15) is 4.79 Å². The largest absolute Gasteiger partial charge is 0.355 e. The maximum absolute atomic E-state index is 12.8. The predicted molar refractivity (Wildman–Crippen MR) is 117 cm³/mol. The molecule has 2 heterocycles. The molecule has 1 fully saturated rings. The van der Waals surface area contributed by atoms with Crippen molar-refractivity contribution in [1.29, 1.82) is 0 Å². The van der Waals surface area contributed by atoms with E-state index < -0.39 is 0 Å². The third-order valence-electron chi connectivity index (χ3n) is 6.42. The van der Waals surface area contributed by atoms with Crippen molar-refractivity contribution in [2.24, 2.45) is 0 Å². The highest BCUT2D eigenvalue weighted by Gasteiger charge is 2.43. The summed E-state index contributed by atoms with van der Waals surface area (Å²) in [4.78, 5) is 15.2. The molecule has 1 aromatic carbocycles. The molecule has 0 unspecified atom stereocenters. The van der Waals surface area contributed by atoms with Crippen LogP contribution in [0.5, 0.6) is 0 Å². The maximum Gasteiger partial charge on any atom is 0.273 e. The van der Waals surface area contributed by atoms with Crippen molar-refractivity contribution in [1.82, 2.24) is 15.4 Å². The monoisotopic (exact) mass is 397 g/mol. The molecular weight excluding hydrogens is 362 g/mol. The Morgan fingerprint density at radius 2 is 1.66 bits per heavy atom. The minimum absolute atomic E-state index is 0.0173. The van der Waals surface area contributed by atoms with Crippen LogP contribution in [0.25, 0.3) is 11.3 Å².